The summed E-state index contributed by atoms with van der Waals surface area (Å²) in [7, 11) is 1.57. The standard InChI is InChI=1S/C18H17BrFN5O2/c1-18(9-25(2)17(27)15(21)24-18)12-7-11(4-5-13(12)20)23-16(26)14-6-3-10(19)8-22-14/h3-8H,9H2,1-2H3,(H2,21,24)(H,23,26). The molecule has 0 fully saturated rings. The van der Waals surface area contributed by atoms with Gasteiger partial charge in [-0.25, -0.2) is 9.37 Å². The smallest absolute Gasteiger partial charge is 0.288 e. The van der Waals surface area contributed by atoms with Crippen molar-refractivity contribution in [2.45, 2.75) is 12.5 Å². The Balaban J connectivity index is 1.92. The minimum Gasteiger partial charge on any atom is -0.379 e. The predicted octanol–water partition coefficient (Wildman–Crippen LogP) is 2.28. The molecule has 1 unspecified atom stereocenters. The van der Waals surface area contributed by atoms with Gasteiger partial charge in [0.2, 0.25) is 0 Å². The number of nitrogens with two attached hydrogens (primary N) is 1. The van der Waals surface area contributed by atoms with Gasteiger partial charge in [-0.15, -0.1) is 0 Å². The molecule has 1 aromatic heterocycles. The molecule has 27 heavy (non-hydrogen) atoms. The second-order valence-electron chi connectivity index (χ2n) is 6.44. The first kappa shape index (κ1) is 19.0. The third-order valence-corrected chi connectivity index (χ3v) is 4.71. The van der Waals surface area contributed by atoms with Gasteiger partial charge in [0, 0.05) is 29.0 Å². The molecule has 0 radical (unpaired) electrons. The highest BCUT2D eigenvalue weighted by Gasteiger charge is 2.37. The zero-order valence-electron chi connectivity index (χ0n) is 14.7. The molecule has 2 heterocycles. The monoisotopic (exact) mass is 433 g/mol. The summed E-state index contributed by atoms with van der Waals surface area (Å²) < 4.78 is 15.3. The van der Waals surface area contributed by atoms with Crippen molar-refractivity contribution in [3.63, 3.8) is 0 Å². The number of carbonyl (C=O) groups is 2. The number of amides is 2. The molecule has 1 aliphatic heterocycles. The van der Waals surface area contributed by atoms with Crippen molar-refractivity contribution in [3.05, 3.63) is 58.1 Å². The SMILES string of the molecule is CN1CC(C)(c2cc(NC(=O)c3ccc(Br)cn3)ccc2F)N=C(N)C1=O. The van der Waals surface area contributed by atoms with Crippen LogP contribution in [0.5, 0.6) is 0 Å². The van der Waals surface area contributed by atoms with Gasteiger partial charge >= 0.3 is 0 Å². The van der Waals surface area contributed by atoms with Crippen molar-refractivity contribution < 1.29 is 14.0 Å². The highest BCUT2D eigenvalue weighted by atomic mass is 79.9. The van der Waals surface area contributed by atoms with Crippen LogP contribution in [0.4, 0.5) is 10.1 Å². The summed E-state index contributed by atoms with van der Waals surface area (Å²) in [5.74, 6) is -1.52. The molecule has 0 saturated heterocycles. The lowest BCUT2D eigenvalue weighted by atomic mass is 9.89. The Morgan fingerprint density at radius 3 is 2.74 bits per heavy atom. The molecule has 1 aromatic carbocycles. The number of aliphatic imine (C=N–C) groups is 1. The number of benzene rings is 1. The normalized spacial score (nSPS) is 19.6. The van der Waals surface area contributed by atoms with Gasteiger partial charge in [0.25, 0.3) is 11.8 Å². The number of nitrogens with zero attached hydrogens (tertiary/aromatic N) is 3. The van der Waals surface area contributed by atoms with Gasteiger partial charge in [0.05, 0.1) is 6.54 Å². The first-order valence-corrected chi connectivity index (χ1v) is 8.82. The fraction of sp³-hybridized carbons (Fsp3) is 0.222. The molecule has 7 nitrogen and oxygen atoms in total. The predicted molar refractivity (Wildman–Crippen MR) is 103 cm³/mol. The molecule has 0 saturated carbocycles. The number of amidine groups is 1. The maximum atomic E-state index is 14.5. The van der Waals surface area contributed by atoms with Crippen LogP contribution in [-0.2, 0) is 10.3 Å². The van der Waals surface area contributed by atoms with Gasteiger partial charge in [-0.3, -0.25) is 14.6 Å². The molecule has 3 rings (SSSR count). The van der Waals surface area contributed by atoms with E-state index in [0.29, 0.717) is 5.69 Å². The van der Waals surface area contributed by atoms with Gasteiger partial charge < -0.3 is 16.0 Å². The summed E-state index contributed by atoms with van der Waals surface area (Å²) in [6, 6.07) is 7.45. The Morgan fingerprint density at radius 2 is 2.11 bits per heavy atom. The van der Waals surface area contributed by atoms with Crippen molar-refractivity contribution in [2.24, 2.45) is 10.7 Å². The maximum absolute atomic E-state index is 14.5. The molecule has 0 spiro atoms. The van der Waals surface area contributed by atoms with Gasteiger partial charge in [0.15, 0.2) is 5.84 Å². The van der Waals surface area contributed by atoms with E-state index in [4.69, 9.17) is 5.73 Å². The molecular formula is C18H17BrFN5O2. The number of likely N-dealkylation sites (N-methyl/N-ethyl adjacent to an activating group) is 1. The molecule has 140 valence electrons. The molecule has 0 aliphatic carbocycles. The van der Waals surface area contributed by atoms with Crippen LogP contribution in [0.1, 0.15) is 23.0 Å². The first-order chi connectivity index (χ1) is 12.7. The van der Waals surface area contributed by atoms with Crippen molar-refractivity contribution >= 4 is 39.3 Å². The Hall–Kier alpha value is -2.81. The number of carbonyl (C=O) groups excluding carboxylic acids is 2. The summed E-state index contributed by atoms with van der Waals surface area (Å²) in [6.07, 6.45) is 1.51. The minimum atomic E-state index is -1.06. The van der Waals surface area contributed by atoms with Crippen molar-refractivity contribution in [1.29, 1.82) is 0 Å². The fourth-order valence-electron chi connectivity index (χ4n) is 2.94. The zero-order chi connectivity index (χ0) is 19.8. The van der Waals surface area contributed by atoms with Gasteiger partial charge in [0.1, 0.15) is 17.1 Å². The van der Waals surface area contributed by atoms with Crippen molar-refractivity contribution in [1.82, 2.24) is 9.88 Å². The number of halogens is 2. The van der Waals surface area contributed by atoms with E-state index in [2.05, 4.69) is 31.2 Å². The number of rotatable bonds is 3. The number of hydrogen-bond acceptors (Lipinski definition) is 5. The average Bonchev–Trinajstić information content (AvgIpc) is 2.61. The van der Waals surface area contributed by atoms with E-state index >= 15 is 0 Å². The molecule has 3 N–H and O–H groups in total. The molecule has 1 atom stereocenters. The third kappa shape index (κ3) is 3.82. The second-order valence-corrected chi connectivity index (χ2v) is 7.36. The summed E-state index contributed by atoms with van der Waals surface area (Å²) in [6.45, 7) is 1.85. The fourth-order valence-corrected chi connectivity index (χ4v) is 3.18. The Bertz CT molecular complexity index is 947. The first-order valence-electron chi connectivity index (χ1n) is 8.03. The molecule has 1 aliphatic rings. The van der Waals surface area contributed by atoms with Crippen LogP contribution >= 0.6 is 15.9 Å². The summed E-state index contributed by atoms with van der Waals surface area (Å²) >= 11 is 3.26. The van der Waals surface area contributed by atoms with Crippen LogP contribution in [0.15, 0.2) is 46.0 Å². The lowest BCUT2D eigenvalue weighted by Crippen LogP contribution is -2.50. The van der Waals surface area contributed by atoms with Crippen LogP contribution in [0, 0.1) is 5.82 Å². The molecular weight excluding hydrogens is 417 g/mol. The largest absolute Gasteiger partial charge is 0.379 e. The van der Waals surface area contributed by atoms with E-state index in [1.165, 1.54) is 29.3 Å². The molecule has 0 bridgehead atoms. The van der Waals surface area contributed by atoms with E-state index in [1.807, 2.05) is 0 Å². The summed E-state index contributed by atoms with van der Waals surface area (Å²) in [5.41, 5.74) is 5.47. The zero-order valence-corrected chi connectivity index (χ0v) is 16.2. The van der Waals surface area contributed by atoms with Crippen LogP contribution in [0.25, 0.3) is 0 Å². The van der Waals surface area contributed by atoms with Crippen molar-refractivity contribution in [3.8, 4) is 0 Å². The van der Waals surface area contributed by atoms with Gasteiger partial charge in [-0.2, -0.15) is 0 Å². The van der Waals surface area contributed by atoms with Crippen LogP contribution in [-0.4, -0.2) is 41.1 Å². The number of hydrogen-bond donors (Lipinski definition) is 2. The van der Waals surface area contributed by atoms with Crippen LogP contribution < -0.4 is 11.1 Å². The number of aromatic nitrogens is 1. The number of nitrogens with one attached hydrogen (secondary N) is 1. The lowest BCUT2D eigenvalue weighted by molar-refractivity contribution is -0.124. The second kappa shape index (κ2) is 7.07. The Morgan fingerprint density at radius 1 is 1.37 bits per heavy atom. The van der Waals surface area contributed by atoms with E-state index in [0.717, 1.165) is 4.47 Å². The molecule has 9 heteroatoms. The van der Waals surface area contributed by atoms with E-state index in [1.54, 1.807) is 26.1 Å². The highest BCUT2D eigenvalue weighted by molar-refractivity contribution is 9.10. The quantitative estimate of drug-likeness (QED) is 0.774. The Kier molecular flexibility index (Phi) is 4.97. The molecule has 2 aromatic rings. The lowest BCUT2D eigenvalue weighted by Gasteiger charge is -2.35. The topological polar surface area (TPSA) is 101 Å². The Labute approximate surface area is 163 Å². The van der Waals surface area contributed by atoms with Crippen LogP contribution in [0.3, 0.4) is 0 Å². The van der Waals surface area contributed by atoms with Gasteiger partial charge in [-0.1, -0.05) is 0 Å². The molecule has 2 amide bonds. The van der Waals surface area contributed by atoms with E-state index < -0.39 is 23.2 Å². The summed E-state index contributed by atoms with van der Waals surface area (Å²) in [4.78, 5) is 33.8. The maximum Gasteiger partial charge on any atom is 0.288 e. The average molecular weight is 434 g/mol. The minimum absolute atomic E-state index is 0.162. The van der Waals surface area contributed by atoms with Crippen molar-refractivity contribution in [2.75, 3.05) is 18.9 Å². The van der Waals surface area contributed by atoms with E-state index in [9.17, 15) is 14.0 Å². The number of pyridine rings is 1. The van der Waals surface area contributed by atoms with Crippen LogP contribution in [0.2, 0.25) is 0 Å². The van der Waals surface area contributed by atoms with E-state index in [-0.39, 0.29) is 23.6 Å². The third-order valence-electron chi connectivity index (χ3n) is 4.24. The van der Waals surface area contributed by atoms with Gasteiger partial charge in [-0.05, 0) is 53.2 Å². The highest BCUT2D eigenvalue weighted by Crippen LogP contribution is 2.33. The summed E-state index contributed by atoms with van der Waals surface area (Å²) in [5, 5.41) is 2.69. The number of anilines is 1.